The Balaban J connectivity index is 1.97. The molecule has 1 aromatic carbocycles. The molecule has 1 fully saturated rings. The van der Waals surface area contributed by atoms with E-state index in [-0.39, 0.29) is 5.82 Å². The quantitative estimate of drug-likeness (QED) is 0.924. The number of nitrogens with zero attached hydrogens (tertiary/aromatic N) is 2. The summed E-state index contributed by atoms with van der Waals surface area (Å²) in [6.45, 7) is 1.89. The van der Waals surface area contributed by atoms with E-state index in [2.05, 4.69) is 15.3 Å². The van der Waals surface area contributed by atoms with E-state index in [0.29, 0.717) is 17.5 Å². The third-order valence-corrected chi connectivity index (χ3v) is 3.31. The average molecular weight is 273 g/mol. The minimum atomic E-state index is -0.328. The number of hydrogen-bond acceptors (Lipinski definition) is 4. The van der Waals surface area contributed by atoms with E-state index in [1.807, 2.05) is 14.0 Å². The minimum absolute atomic E-state index is 0.328. The van der Waals surface area contributed by atoms with Gasteiger partial charge in [0.05, 0.1) is 5.56 Å². The second-order valence-corrected chi connectivity index (χ2v) is 4.94. The third kappa shape index (κ3) is 2.57. The molecule has 20 heavy (non-hydrogen) atoms. The SMILES string of the molecule is CNc1nc(C2CC2)nc(Oc2cccc(F)c2)c1C. The number of nitrogens with one attached hydrogen (secondary N) is 1. The van der Waals surface area contributed by atoms with Crippen LogP contribution in [0.25, 0.3) is 0 Å². The van der Waals surface area contributed by atoms with Crippen LogP contribution in [-0.4, -0.2) is 17.0 Å². The summed E-state index contributed by atoms with van der Waals surface area (Å²) in [6.07, 6.45) is 2.23. The second kappa shape index (κ2) is 5.07. The van der Waals surface area contributed by atoms with Gasteiger partial charge in [0.15, 0.2) is 0 Å². The molecular formula is C15H16FN3O. The first-order chi connectivity index (χ1) is 9.67. The summed E-state index contributed by atoms with van der Waals surface area (Å²) in [6, 6.07) is 6.05. The zero-order chi connectivity index (χ0) is 14.1. The molecule has 0 amide bonds. The van der Waals surface area contributed by atoms with Crippen molar-refractivity contribution in [3.05, 3.63) is 41.5 Å². The summed E-state index contributed by atoms with van der Waals surface area (Å²) in [5.74, 6) is 2.58. The van der Waals surface area contributed by atoms with Gasteiger partial charge in [-0.05, 0) is 31.9 Å². The Labute approximate surface area is 117 Å². The summed E-state index contributed by atoms with van der Waals surface area (Å²) in [4.78, 5) is 8.97. The van der Waals surface area contributed by atoms with Gasteiger partial charge in [-0.3, -0.25) is 0 Å². The summed E-state index contributed by atoms with van der Waals surface area (Å²) >= 11 is 0. The first-order valence-corrected chi connectivity index (χ1v) is 6.67. The topological polar surface area (TPSA) is 47.0 Å². The Hall–Kier alpha value is -2.17. The summed E-state index contributed by atoms with van der Waals surface area (Å²) in [5.41, 5.74) is 0.821. The molecule has 104 valence electrons. The smallest absolute Gasteiger partial charge is 0.227 e. The van der Waals surface area contributed by atoms with Crippen molar-refractivity contribution in [2.75, 3.05) is 12.4 Å². The Bertz CT molecular complexity index is 641. The number of hydrogen-bond donors (Lipinski definition) is 1. The molecule has 4 nitrogen and oxygen atoms in total. The fourth-order valence-electron chi connectivity index (χ4n) is 2.02. The molecule has 3 rings (SSSR count). The lowest BCUT2D eigenvalue weighted by molar-refractivity contribution is 0.450. The fourth-order valence-corrected chi connectivity index (χ4v) is 2.02. The maximum absolute atomic E-state index is 13.2. The van der Waals surface area contributed by atoms with Crippen LogP contribution in [0.5, 0.6) is 11.6 Å². The summed E-state index contributed by atoms with van der Waals surface area (Å²) in [7, 11) is 1.82. The molecule has 0 saturated heterocycles. The molecule has 0 unspecified atom stereocenters. The van der Waals surface area contributed by atoms with Crippen molar-refractivity contribution in [2.45, 2.75) is 25.7 Å². The van der Waals surface area contributed by atoms with E-state index >= 15 is 0 Å². The predicted molar refractivity (Wildman–Crippen MR) is 74.8 cm³/mol. The van der Waals surface area contributed by atoms with Crippen LogP contribution in [0.4, 0.5) is 10.2 Å². The Morgan fingerprint density at radius 1 is 1.30 bits per heavy atom. The molecule has 0 bridgehead atoms. The molecule has 1 heterocycles. The zero-order valence-corrected chi connectivity index (χ0v) is 11.5. The molecule has 1 aromatic heterocycles. The van der Waals surface area contributed by atoms with Gasteiger partial charge in [-0.2, -0.15) is 4.98 Å². The van der Waals surface area contributed by atoms with Gasteiger partial charge in [0.25, 0.3) is 0 Å². The summed E-state index contributed by atoms with van der Waals surface area (Å²) < 4.78 is 18.9. The molecule has 2 aromatic rings. The van der Waals surface area contributed by atoms with Crippen LogP contribution in [0.3, 0.4) is 0 Å². The first-order valence-electron chi connectivity index (χ1n) is 6.67. The van der Waals surface area contributed by atoms with E-state index in [4.69, 9.17) is 4.74 Å². The van der Waals surface area contributed by atoms with Crippen LogP contribution in [0.1, 0.15) is 30.1 Å². The zero-order valence-electron chi connectivity index (χ0n) is 11.5. The van der Waals surface area contributed by atoms with Crippen LogP contribution in [-0.2, 0) is 0 Å². The number of halogens is 1. The van der Waals surface area contributed by atoms with Crippen molar-refractivity contribution in [2.24, 2.45) is 0 Å². The Morgan fingerprint density at radius 2 is 2.10 bits per heavy atom. The van der Waals surface area contributed by atoms with E-state index in [0.717, 1.165) is 30.0 Å². The highest BCUT2D eigenvalue weighted by atomic mass is 19.1. The van der Waals surface area contributed by atoms with Gasteiger partial charge in [-0.15, -0.1) is 0 Å². The molecule has 1 aliphatic rings. The first kappa shape index (κ1) is 12.8. The van der Waals surface area contributed by atoms with Gasteiger partial charge in [-0.1, -0.05) is 6.07 Å². The Kier molecular flexibility index (Phi) is 3.26. The minimum Gasteiger partial charge on any atom is -0.438 e. The number of rotatable bonds is 4. The van der Waals surface area contributed by atoms with Gasteiger partial charge < -0.3 is 10.1 Å². The van der Waals surface area contributed by atoms with Crippen molar-refractivity contribution in [1.29, 1.82) is 0 Å². The van der Waals surface area contributed by atoms with Gasteiger partial charge in [0.1, 0.15) is 23.2 Å². The molecule has 5 heteroatoms. The Morgan fingerprint density at radius 3 is 2.75 bits per heavy atom. The van der Waals surface area contributed by atoms with Crippen LogP contribution >= 0.6 is 0 Å². The molecule has 0 radical (unpaired) electrons. The lowest BCUT2D eigenvalue weighted by Crippen LogP contribution is -2.04. The highest BCUT2D eigenvalue weighted by Crippen LogP contribution is 2.40. The second-order valence-electron chi connectivity index (χ2n) is 4.94. The van der Waals surface area contributed by atoms with Crippen molar-refractivity contribution in [3.63, 3.8) is 0 Å². The number of anilines is 1. The van der Waals surface area contributed by atoms with E-state index in [9.17, 15) is 4.39 Å². The standard InChI is InChI=1S/C15H16FN3O/c1-9-13(17-2)18-14(10-6-7-10)19-15(9)20-12-5-3-4-11(16)8-12/h3-5,8,10H,6-7H2,1-2H3,(H,17,18,19). The number of ether oxygens (including phenoxy) is 1. The van der Waals surface area contributed by atoms with Gasteiger partial charge >= 0.3 is 0 Å². The van der Waals surface area contributed by atoms with Crippen molar-refractivity contribution >= 4 is 5.82 Å². The molecular weight excluding hydrogens is 257 g/mol. The van der Waals surface area contributed by atoms with Crippen LogP contribution in [0.2, 0.25) is 0 Å². The normalized spacial score (nSPS) is 14.2. The lowest BCUT2D eigenvalue weighted by Gasteiger charge is -2.12. The number of aromatic nitrogens is 2. The lowest BCUT2D eigenvalue weighted by atomic mass is 10.3. The van der Waals surface area contributed by atoms with E-state index < -0.39 is 0 Å². The number of benzene rings is 1. The molecule has 0 aliphatic heterocycles. The average Bonchev–Trinajstić information content (AvgIpc) is 3.25. The maximum Gasteiger partial charge on any atom is 0.227 e. The fraction of sp³-hybridized carbons (Fsp3) is 0.333. The molecule has 1 aliphatic carbocycles. The van der Waals surface area contributed by atoms with Crippen LogP contribution < -0.4 is 10.1 Å². The van der Waals surface area contributed by atoms with Crippen molar-refractivity contribution < 1.29 is 9.13 Å². The highest BCUT2D eigenvalue weighted by molar-refractivity contribution is 5.49. The van der Waals surface area contributed by atoms with Gasteiger partial charge in [-0.25, -0.2) is 9.37 Å². The predicted octanol–water partition coefficient (Wildman–Crippen LogP) is 3.64. The largest absolute Gasteiger partial charge is 0.438 e. The monoisotopic (exact) mass is 273 g/mol. The molecule has 0 spiro atoms. The summed E-state index contributed by atoms with van der Waals surface area (Å²) in [5, 5.41) is 3.05. The van der Waals surface area contributed by atoms with Crippen molar-refractivity contribution in [1.82, 2.24) is 9.97 Å². The van der Waals surface area contributed by atoms with Crippen molar-refractivity contribution in [3.8, 4) is 11.6 Å². The van der Waals surface area contributed by atoms with Gasteiger partial charge in [0, 0.05) is 19.0 Å². The van der Waals surface area contributed by atoms with Crippen LogP contribution in [0, 0.1) is 12.7 Å². The highest BCUT2D eigenvalue weighted by Gasteiger charge is 2.28. The van der Waals surface area contributed by atoms with Crippen LogP contribution in [0.15, 0.2) is 24.3 Å². The maximum atomic E-state index is 13.2. The van der Waals surface area contributed by atoms with E-state index in [1.165, 1.54) is 12.1 Å². The molecule has 0 atom stereocenters. The van der Waals surface area contributed by atoms with Gasteiger partial charge in [0.2, 0.25) is 5.88 Å². The van der Waals surface area contributed by atoms with E-state index in [1.54, 1.807) is 12.1 Å². The molecule has 1 saturated carbocycles. The molecule has 1 N–H and O–H groups in total. The third-order valence-electron chi connectivity index (χ3n) is 3.31.